The third-order valence-corrected chi connectivity index (χ3v) is 6.05. The Labute approximate surface area is 162 Å². The number of nitrogens with two attached hydrogens (primary N) is 1. The van der Waals surface area contributed by atoms with Crippen molar-refractivity contribution >= 4 is 26.2 Å². The van der Waals surface area contributed by atoms with Gasteiger partial charge in [-0.15, -0.1) is 0 Å². The van der Waals surface area contributed by atoms with Crippen molar-refractivity contribution in [2.45, 2.75) is 83.4 Å². The first-order valence-corrected chi connectivity index (χ1v) is 13.2. The molecule has 9 heteroatoms. The molecule has 2 unspecified atom stereocenters. The second kappa shape index (κ2) is 9.43. The maximum atomic E-state index is 12.1. The summed E-state index contributed by atoms with van der Waals surface area (Å²) in [6, 6.07) is 0.0946. The first-order chi connectivity index (χ1) is 12.3. The fourth-order valence-electron chi connectivity index (χ4n) is 2.86. The third-order valence-electron chi connectivity index (χ3n) is 4.34. The summed E-state index contributed by atoms with van der Waals surface area (Å²) in [4.78, 5) is 35.8. The van der Waals surface area contributed by atoms with Crippen LogP contribution in [-0.2, 0) is 14.3 Å². The van der Waals surface area contributed by atoms with Crippen molar-refractivity contribution in [2.24, 2.45) is 11.7 Å². The maximum absolute atomic E-state index is 12.1. The van der Waals surface area contributed by atoms with Gasteiger partial charge in [-0.1, -0.05) is 19.6 Å². The van der Waals surface area contributed by atoms with Gasteiger partial charge in [0.25, 0.3) is 0 Å². The summed E-state index contributed by atoms with van der Waals surface area (Å²) in [6.45, 7) is 12.3. The predicted octanol–water partition coefficient (Wildman–Crippen LogP) is 2.60. The van der Waals surface area contributed by atoms with Crippen LogP contribution in [-0.4, -0.2) is 50.5 Å². The molecular weight excluding hydrogens is 366 g/mol. The molecule has 3 atom stereocenters. The number of amides is 3. The molecule has 1 aliphatic carbocycles. The summed E-state index contributed by atoms with van der Waals surface area (Å²) in [5, 5.41) is 5.58. The predicted molar refractivity (Wildman–Crippen MR) is 106 cm³/mol. The Morgan fingerprint density at radius 1 is 1.04 bits per heavy atom. The minimum Gasteiger partial charge on any atom is -0.450 e. The zero-order valence-corrected chi connectivity index (χ0v) is 18.4. The molecule has 0 aromatic carbocycles. The SMILES string of the molecule is CC(C)(C)OC(=O)NC1C[C@@H](C(N)=O)CCC1NC(=O)OCC[Si](C)(C)C. The van der Waals surface area contributed by atoms with Gasteiger partial charge in [0.05, 0.1) is 18.7 Å². The standard InChI is InChI=1S/C18H35N3O5Si/c1-18(2,3)26-17(24)21-14-11-12(15(19)22)7-8-13(14)20-16(23)25-9-10-27(4,5)6/h12-14H,7-11H2,1-6H3,(H2,19,22)(H,20,23)(H,21,24)/t12-,13?,14?/m0/s1. The van der Waals surface area contributed by atoms with Gasteiger partial charge in [0.15, 0.2) is 0 Å². The molecule has 0 spiro atoms. The van der Waals surface area contributed by atoms with Gasteiger partial charge < -0.3 is 25.8 Å². The van der Waals surface area contributed by atoms with Crippen LogP contribution in [0.2, 0.25) is 25.7 Å². The summed E-state index contributed by atoms with van der Waals surface area (Å²) in [7, 11) is -1.29. The van der Waals surface area contributed by atoms with Crippen molar-refractivity contribution in [1.82, 2.24) is 10.6 Å². The number of carbonyl (C=O) groups excluding carboxylic acids is 3. The molecule has 156 valence electrons. The van der Waals surface area contributed by atoms with E-state index in [9.17, 15) is 14.4 Å². The molecular formula is C18H35N3O5Si. The van der Waals surface area contributed by atoms with E-state index in [0.717, 1.165) is 6.04 Å². The fourth-order valence-corrected chi connectivity index (χ4v) is 3.58. The first-order valence-electron chi connectivity index (χ1n) is 9.49. The smallest absolute Gasteiger partial charge is 0.407 e. The van der Waals surface area contributed by atoms with E-state index >= 15 is 0 Å². The number of hydrogen-bond acceptors (Lipinski definition) is 5. The van der Waals surface area contributed by atoms with Crippen molar-refractivity contribution in [3.8, 4) is 0 Å². The molecule has 0 aromatic heterocycles. The second-order valence-electron chi connectivity index (χ2n) is 9.36. The number of rotatable bonds is 6. The zero-order chi connectivity index (χ0) is 20.8. The molecule has 8 nitrogen and oxygen atoms in total. The van der Waals surface area contributed by atoms with Crippen LogP contribution >= 0.6 is 0 Å². The highest BCUT2D eigenvalue weighted by atomic mass is 28.3. The van der Waals surface area contributed by atoms with Crippen LogP contribution in [0.4, 0.5) is 9.59 Å². The van der Waals surface area contributed by atoms with E-state index in [1.807, 2.05) is 0 Å². The van der Waals surface area contributed by atoms with E-state index < -0.39 is 37.8 Å². The molecule has 27 heavy (non-hydrogen) atoms. The summed E-state index contributed by atoms with van der Waals surface area (Å²) in [5.74, 6) is -0.743. The Kier molecular flexibility index (Phi) is 8.13. The number of carbonyl (C=O) groups is 3. The van der Waals surface area contributed by atoms with Gasteiger partial charge in [-0.25, -0.2) is 9.59 Å². The molecule has 4 N–H and O–H groups in total. The van der Waals surface area contributed by atoms with E-state index in [1.165, 1.54) is 0 Å². The maximum Gasteiger partial charge on any atom is 0.407 e. The van der Waals surface area contributed by atoms with Gasteiger partial charge in [-0.3, -0.25) is 4.79 Å². The monoisotopic (exact) mass is 401 g/mol. The van der Waals surface area contributed by atoms with E-state index in [-0.39, 0.29) is 12.0 Å². The minimum absolute atomic E-state index is 0.340. The highest BCUT2D eigenvalue weighted by Crippen LogP contribution is 2.25. The lowest BCUT2D eigenvalue weighted by molar-refractivity contribution is -0.123. The van der Waals surface area contributed by atoms with E-state index in [1.54, 1.807) is 20.8 Å². The number of alkyl carbamates (subject to hydrolysis) is 2. The Morgan fingerprint density at radius 2 is 1.63 bits per heavy atom. The summed E-state index contributed by atoms with van der Waals surface area (Å²) in [6.07, 6.45) is 0.344. The molecule has 1 saturated carbocycles. The molecule has 1 aliphatic rings. The molecule has 1 fully saturated rings. The van der Waals surface area contributed by atoms with Gasteiger partial charge in [-0.2, -0.15) is 0 Å². The van der Waals surface area contributed by atoms with Crippen LogP contribution in [0.3, 0.4) is 0 Å². The van der Waals surface area contributed by atoms with Gasteiger partial charge in [0, 0.05) is 14.0 Å². The summed E-state index contributed by atoms with van der Waals surface area (Å²) < 4.78 is 10.6. The van der Waals surface area contributed by atoms with Crippen molar-refractivity contribution in [1.29, 1.82) is 0 Å². The Balaban J connectivity index is 2.66. The van der Waals surface area contributed by atoms with E-state index in [0.29, 0.717) is 25.9 Å². The molecule has 3 amide bonds. The van der Waals surface area contributed by atoms with Gasteiger partial charge in [-0.05, 0) is 46.1 Å². The van der Waals surface area contributed by atoms with Crippen molar-refractivity contribution in [2.75, 3.05) is 6.61 Å². The zero-order valence-electron chi connectivity index (χ0n) is 17.4. The first kappa shape index (κ1) is 23.3. The van der Waals surface area contributed by atoms with E-state index in [4.69, 9.17) is 15.2 Å². The van der Waals surface area contributed by atoms with Crippen LogP contribution in [0.15, 0.2) is 0 Å². The average Bonchev–Trinajstić information content (AvgIpc) is 2.45. The molecule has 0 heterocycles. The van der Waals surface area contributed by atoms with E-state index in [2.05, 4.69) is 30.3 Å². The van der Waals surface area contributed by atoms with Crippen LogP contribution in [0, 0.1) is 5.92 Å². The second-order valence-corrected chi connectivity index (χ2v) is 15.0. The van der Waals surface area contributed by atoms with Crippen LogP contribution < -0.4 is 16.4 Å². The number of hydrogen-bond donors (Lipinski definition) is 3. The molecule has 0 bridgehead atoms. The molecule has 0 saturated heterocycles. The average molecular weight is 402 g/mol. The lowest BCUT2D eigenvalue weighted by Gasteiger charge is -2.36. The van der Waals surface area contributed by atoms with Crippen molar-refractivity contribution in [3.05, 3.63) is 0 Å². The Bertz CT molecular complexity index is 542. The molecule has 0 aromatic rings. The number of nitrogens with one attached hydrogen (secondary N) is 2. The summed E-state index contributed by atoms with van der Waals surface area (Å²) >= 11 is 0. The highest BCUT2D eigenvalue weighted by Gasteiger charge is 2.36. The van der Waals surface area contributed by atoms with Gasteiger partial charge >= 0.3 is 12.2 Å². The normalized spacial score (nSPS) is 23.3. The van der Waals surface area contributed by atoms with Crippen LogP contribution in [0.25, 0.3) is 0 Å². The largest absolute Gasteiger partial charge is 0.450 e. The van der Waals surface area contributed by atoms with Crippen LogP contribution in [0.5, 0.6) is 0 Å². The number of ether oxygens (including phenoxy) is 2. The third kappa shape index (κ3) is 9.65. The Hall–Kier alpha value is -1.77. The lowest BCUT2D eigenvalue weighted by Crippen LogP contribution is -2.56. The van der Waals surface area contributed by atoms with Crippen molar-refractivity contribution in [3.63, 3.8) is 0 Å². The molecule has 0 radical (unpaired) electrons. The Morgan fingerprint density at radius 3 is 2.15 bits per heavy atom. The van der Waals surface area contributed by atoms with Gasteiger partial charge in [0.2, 0.25) is 5.91 Å². The number of primary amides is 1. The molecule has 1 rings (SSSR count). The highest BCUT2D eigenvalue weighted by molar-refractivity contribution is 6.76. The van der Waals surface area contributed by atoms with Crippen LogP contribution in [0.1, 0.15) is 40.0 Å². The lowest BCUT2D eigenvalue weighted by atomic mass is 9.82. The van der Waals surface area contributed by atoms with Gasteiger partial charge in [0.1, 0.15) is 5.60 Å². The molecule has 0 aliphatic heterocycles. The summed E-state index contributed by atoms with van der Waals surface area (Å²) in [5.41, 5.74) is 4.79. The quantitative estimate of drug-likeness (QED) is 0.591. The topological polar surface area (TPSA) is 120 Å². The fraction of sp³-hybridized carbons (Fsp3) is 0.833. The minimum atomic E-state index is -1.29. The van der Waals surface area contributed by atoms with Crippen molar-refractivity contribution < 1.29 is 23.9 Å².